The molecule has 3 amide bonds. The van der Waals surface area contributed by atoms with Crippen molar-refractivity contribution in [3.8, 4) is 0 Å². The van der Waals surface area contributed by atoms with E-state index in [4.69, 9.17) is 0 Å². The zero-order valence-electron chi connectivity index (χ0n) is 14.9. The van der Waals surface area contributed by atoms with Gasteiger partial charge in [-0.2, -0.15) is 5.10 Å². The molecule has 0 spiro atoms. The van der Waals surface area contributed by atoms with Gasteiger partial charge in [0.25, 0.3) is 11.8 Å². The molecule has 0 fully saturated rings. The fourth-order valence-corrected chi connectivity index (χ4v) is 3.36. The lowest BCUT2D eigenvalue weighted by Crippen LogP contribution is -2.30. The number of imide groups is 1. The molecular weight excluding hydrogens is 412 g/mol. The standard InChI is InChI=1S/C19H21BrN4O3/c20-14-12-22-23(13-14)11-9-21-17(25)8-2-1-5-10-24-18(26)15-6-3-4-7-16(15)19(24)27/h3-4,6-7,12-13H,1-2,5,8-11H2,(H,21,25). The van der Waals surface area contributed by atoms with Gasteiger partial charge in [-0.3, -0.25) is 24.0 Å². The summed E-state index contributed by atoms with van der Waals surface area (Å²) in [5, 5.41) is 6.99. The molecule has 0 saturated carbocycles. The molecule has 8 heteroatoms. The highest BCUT2D eigenvalue weighted by molar-refractivity contribution is 9.10. The van der Waals surface area contributed by atoms with Crippen LogP contribution in [0.5, 0.6) is 0 Å². The number of halogens is 1. The van der Waals surface area contributed by atoms with Crippen LogP contribution in [0, 0.1) is 0 Å². The number of nitrogens with zero attached hydrogens (tertiary/aromatic N) is 3. The largest absolute Gasteiger partial charge is 0.354 e. The van der Waals surface area contributed by atoms with Crippen molar-refractivity contribution in [1.82, 2.24) is 20.0 Å². The van der Waals surface area contributed by atoms with Crippen molar-refractivity contribution in [2.45, 2.75) is 32.2 Å². The molecular formula is C19H21BrN4O3. The van der Waals surface area contributed by atoms with Gasteiger partial charge in [-0.15, -0.1) is 0 Å². The van der Waals surface area contributed by atoms with Gasteiger partial charge in [0.1, 0.15) is 0 Å². The third-order valence-corrected chi connectivity index (χ3v) is 4.84. The summed E-state index contributed by atoms with van der Waals surface area (Å²) in [7, 11) is 0. The molecule has 0 aliphatic carbocycles. The zero-order chi connectivity index (χ0) is 19.2. The summed E-state index contributed by atoms with van der Waals surface area (Å²) < 4.78 is 2.67. The predicted molar refractivity (Wildman–Crippen MR) is 103 cm³/mol. The maximum absolute atomic E-state index is 12.2. The zero-order valence-corrected chi connectivity index (χ0v) is 16.4. The van der Waals surface area contributed by atoms with Crippen molar-refractivity contribution >= 4 is 33.7 Å². The topological polar surface area (TPSA) is 84.3 Å². The first kappa shape index (κ1) is 19.3. The van der Waals surface area contributed by atoms with E-state index in [9.17, 15) is 14.4 Å². The number of nitrogens with one attached hydrogen (secondary N) is 1. The maximum atomic E-state index is 12.2. The highest BCUT2D eigenvalue weighted by Crippen LogP contribution is 2.22. The average Bonchev–Trinajstić information content (AvgIpc) is 3.18. The second-order valence-corrected chi connectivity index (χ2v) is 7.31. The lowest BCUT2D eigenvalue weighted by Gasteiger charge is -2.13. The van der Waals surface area contributed by atoms with Crippen LogP contribution in [0.2, 0.25) is 0 Å². The van der Waals surface area contributed by atoms with E-state index in [1.54, 1.807) is 35.1 Å². The lowest BCUT2D eigenvalue weighted by molar-refractivity contribution is -0.121. The summed E-state index contributed by atoms with van der Waals surface area (Å²) in [6.07, 6.45) is 6.20. The number of hydrogen-bond donors (Lipinski definition) is 1. The average molecular weight is 433 g/mol. The third-order valence-electron chi connectivity index (χ3n) is 4.43. The van der Waals surface area contributed by atoms with E-state index in [1.807, 2.05) is 6.20 Å². The van der Waals surface area contributed by atoms with Crippen molar-refractivity contribution in [1.29, 1.82) is 0 Å². The van der Waals surface area contributed by atoms with E-state index in [2.05, 4.69) is 26.3 Å². The maximum Gasteiger partial charge on any atom is 0.261 e. The number of hydrogen-bond acceptors (Lipinski definition) is 4. The number of unbranched alkanes of at least 4 members (excludes halogenated alkanes) is 2. The van der Waals surface area contributed by atoms with Gasteiger partial charge in [0.2, 0.25) is 5.91 Å². The summed E-state index contributed by atoms with van der Waals surface area (Å²) in [5.74, 6) is -0.445. The van der Waals surface area contributed by atoms with Crippen LogP contribution in [0.15, 0.2) is 41.1 Å². The Morgan fingerprint density at radius 2 is 1.74 bits per heavy atom. The second-order valence-electron chi connectivity index (χ2n) is 6.39. The van der Waals surface area contributed by atoms with Crippen LogP contribution in [0.1, 0.15) is 46.4 Å². The Bertz CT molecular complexity index is 814. The van der Waals surface area contributed by atoms with Gasteiger partial charge in [-0.25, -0.2) is 0 Å². The SMILES string of the molecule is O=C(CCCCCN1C(=O)c2ccccc2C1=O)NCCn1cc(Br)cn1. The van der Waals surface area contributed by atoms with Crippen LogP contribution in [-0.4, -0.2) is 45.5 Å². The van der Waals surface area contributed by atoms with Gasteiger partial charge < -0.3 is 5.32 Å². The van der Waals surface area contributed by atoms with Gasteiger partial charge in [0, 0.05) is 25.7 Å². The molecule has 3 rings (SSSR count). The molecule has 7 nitrogen and oxygen atoms in total. The van der Waals surface area contributed by atoms with Gasteiger partial charge >= 0.3 is 0 Å². The number of carbonyl (C=O) groups is 3. The molecule has 0 unspecified atom stereocenters. The van der Waals surface area contributed by atoms with Crippen LogP contribution < -0.4 is 5.32 Å². The van der Waals surface area contributed by atoms with E-state index in [0.29, 0.717) is 43.6 Å². The van der Waals surface area contributed by atoms with Crippen LogP contribution in [0.4, 0.5) is 0 Å². The van der Waals surface area contributed by atoms with Crippen LogP contribution in [-0.2, 0) is 11.3 Å². The quantitative estimate of drug-likeness (QED) is 0.487. The minimum Gasteiger partial charge on any atom is -0.354 e. The Balaban J connectivity index is 1.30. The molecule has 1 aliphatic heterocycles. The lowest BCUT2D eigenvalue weighted by atomic mass is 10.1. The van der Waals surface area contributed by atoms with Gasteiger partial charge in [-0.05, 0) is 40.9 Å². The summed E-state index contributed by atoms with van der Waals surface area (Å²) in [4.78, 5) is 37.6. The van der Waals surface area contributed by atoms with E-state index in [1.165, 1.54) is 4.90 Å². The molecule has 142 valence electrons. The number of amides is 3. The molecule has 1 N–H and O–H groups in total. The Labute approximate surface area is 165 Å². The first-order chi connectivity index (χ1) is 13.1. The van der Waals surface area contributed by atoms with Crippen molar-refractivity contribution in [3.63, 3.8) is 0 Å². The van der Waals surface area contributed by atoms with E-state index >= 15 is 0 Å². The Morgan fingerprint density at radius 1 is 1.04 bits per heavy atom. The van der Waals surface area contributed by atoms with E-state index in [-0.39, 0.29) is 17.7 Å². The predicted octanol–water partition coefficient (Wildman–Crippen LogP) is 2.62. The molecule has 1 aliphatic rings. The van der Waals surface area contributed by atoms with Gasteiger partial charge in [-0.1, -0.05) is 18.6 Å². The van der Waals surface area contributed by atoms with Crippen molar-refractivity contribution in [3.05, 3.63) is 52.3 Å². The Morgan fingerprint density at radius 3 is 2.37 bits per heavy atom. The fourth-order valence-electron chi connectivity index (χ4n) is 3.03. The summed E-state index contributed by atoms with van der Waals surface area (Å²) in [5.41, 5.74) is 0.956. The normalized spacial score (nSPS) is 13.1. The molecule has 0 radical (unpaired) electrons. The molecule has 2 heterocycles. The van der Waals surface area contributed by atoms with Gasteiger partial charge in [0.05, 0.1) is 28.3 Å². The highest BCUT2D eigenvalue weighted by atomic mass is 79.9. The Hall–Kier alpha value is -2.48. The Kier molecular flexibility index (Phi) is 6.39. The van der Waals surface area contributed by atoms with E-state index < -0.39 is 0 Å². The molecule has 0 saturated heterocycles. The number of carbonyl (C=O) groups excluding carboxylic acids is 3. The summed E-state index contributed by atoms with van der Waals surface area (Å²) in [6, 6.07) is 6.89. The van der Waals surface area contributed by atoms with E-state index in [0.717, 1.165) is 17.3 Å². The van der Waals surface area contributed by atoms with Crippen molar-refractivity contribution < 1.29 is 14.4 Å². The summed E-state index contributed by atoms with van der Waals surface area (Å²) in [6.45, 7) is 1.54. The minimum absolute atomic E-state index is 0.00181. The van der Waals surface area contributed by atoms with Crippen LogP contribution >= 0.6 is 15.9 Å². The first-order valence-electron chi connectivity index (χ1n) is 8.96. The second kappa shape index (κ2) is 8.94. The van der Waals surface area contributed by atoms with Crippen molar-refractivity contribution in [2.75, 3.05) is 13.1 Å². The molecule has 0 bridgehead atoms. The molecule has 1 aromatic heterocycles. The van der Waals surface area contributed by atoms with Crippen molar-refractivity contribution in [2.24, 2.45) is 0 Å². The number of benzene rings is 1. The third kappa shape index (κ3) is 4.82. The molecule has 1 aromatic carbocycles. The molecule has 0 atom stereocenters. The number of aromatic nitrogens is 2. The minimum atomic E-state index is -0.224. The monoisotopic (exact) mass is 432 g/mol. The van der Waals surface area contributed by atoms with Crippen LogP contribution in [0.25, 0.3) is 0 Å². The highest BCUT2D eigenvalue weighted by Gasteiger charge is 2.34. The smallest absolute Gasteiger partial charge is 0.261 e. The van der Waals surface area contributed by atoms with Gasteiger partial charge in [0.15, 0.2) is 0 Å². The molecule has 2 aromatic rings. The fraction of sp³-hybridized carbons (Fsp3) is 0.368. The molecule has 27 heavy (non-hydrogen) atoms. The first-order valence-corrected chi connectivity index (χ1v) is 9.75. The summed E-state index contributed by atoms with van der Waals surface area (Å²) >= 11 is 3.33. The van der Waals surface area contributed by atoms with Crippen LogP contribution in [0.3, 0.4) is 0 Å². The number of fused-ring (bicyclic) bond motifs is 1. The number of rotatable bonds is 9.